The van der Waals surface area contributed by atoms with Crippen molar-refractivity contribution < 1.29 is 22.7 Å². The van der Waals surface area contributed by atoms with Gasteiger partial charge in [0.1, 0.15) is 0 Å². The highest BCUT2D eigenvalue weighted by molar-refractivity contribution is 7.92. The number of imide groups is 1. The predicted octanol–water partition coefficient (Wildman–Crippen LogP) is 2.09. The molecule has 2 aromatic carbocycles. The van der Waals surface area contributed by atoms with Gasteiger partial charge >= 0.3 is 0 Å². The van der Waals surface area contributed by atoms with E-state index >= 15 is 0 Å². The van der Waals surface area contributed by atoms with Gasteiger partial charge in [-0.2, -0.15) is 0 Å². The number of nitrogens with zero attached hydrogens (tertiary/aromatic N) is 3. The Morgan fingerprint density at radius 1 is 0.897 bits per heavy atom. The molecule has 9 nitrogen and oxygen atoms in total. The molecule has 1 aliphatic heterocycles. The highest BCUT2D eigenvalue weighted by Crippen LogP contribution is 2.29. The number of amides is 2. The maximum atomic E-state index is 12.6. The topological polar surface area (TPSA) is 119 Å². The highest BCUT2D eigenvalue weighted by atomic mass is 32.2. The fourth-order valence-electron chi connectivity index (χ4n) is 2.93. The number of ether oxygens (including phenoxy) is 1. The molecule has 1 aromatic heterocycles. The van der Waals surface area contributed by atoms with Gasteiger partial charge in [0.25, 0.3) is 27.7 Å². The van der Waals surface area contributed by atoms with Crippen molar-refractivity contribution in [1.82, 2.24) is 9.97 Å². The van der Waals surface area contributed by atoms with Gasteiger partial charge in [-0.3, -0.25) is 14.3 Å². The summed E-state index contributed by atoms with van der Waals surface area (Å²) in [7, 11) is -2.64. The minimum atomic E-state index is -3.99. The standard InChI is InChI=1S/C19H14N4O5S/c1-28-17-16(20-10-11-21-17)22-29(26,27)13-8-6-12(7-9-13)23-18(24)14-4-2-3-5-15(14)19(23)25/h2-11H,1H3,(H,20,22). The second-order valence-corrected chi connectivity index (χ2v) is 7.69. The number of benzene rings is 2. The molecular weight excluding hydrogens is 396 g/mol. The van der Waals surface area contributed by atoms with Crippen molar-refractivity contribution in [1.29, 1.82) is 0 Å². The molecule has 146 valence electrons. The Kier molecular flexibility index (Phi) is 4.47. The van der Waals surface area contributed by atoms with Gasteiger partial charge in [0, 0.05) is 12.4 Å². The lowest BCUT2D eigenvalue weighted by Crippen LogP contribution is -2.29. The van der Waals surface area contributed by atoms with Gasteiger partial charge < -0.3 is 4.74 Å². The lowest BCUT2D eigenvalue weighted by Gasteiger charge is -2.15. The quantitative estimate of drug-likeness (QED) is 0.640. The van der Waals surface area contributed by atoms with E-state index < -0.39 is 21.8 Å². The summed E-state index contributed by atoms with van der Waals surface area (Å²) in [6.45, 7) is 0. The average Bonchev–Trinajstić information content (AvgIpc) is 2.99. The number of sulfonamides is 1. The summed E-state index contributed by atoms with van der Waals surface area (Å²) in [4.78, 5) is 33.8. The summed E-state index contributed by atoms with van der Waals surface area (Å²) in [5.74, 6) is -0.939. The van der Waals surface area contributed by atoms with Crippen LogP contribution in [0.2, 0.25) is 0 Å². The number of carbonyl (C=O) groups is 2. The van der Waals surface area contributed by atoms with Crippen LogP contribution in [0.25, 0.3) is 0 Å². The van der Waals surface area contributed by atoms with Crippen molar-refractivity contribution in [2.75, 3.05) is 16.7 Å². The Hall–Kier alpha value is -3.79. The first-order valence-corrected chi connectivity index (χ1v) is 9.86. The van der Waals surface area contributed by atoms with E-state index in [1.54, 1.807) is 24.3 Å². The summed E-state index contributed by atoms with van der Waals surface area (Å²) >= 11 is 0. The summed E-state index contributed by atoms with van der Waals surface area (Å²) in [5, 5.41) is 0. The van der Waals surface area contributed by atoms with E-state index in [1.807, 2.05) is 0 Å². The second-order valence-electron chi connectivity index (χ2n) is 6.00. The minimum Gasteiger partial charge on any atom is -0.478 e. The number of rotatable bonds is 5. The van der Waals surface area contributed by atoms with Crippen LogP contribution in [0, 0.1) is 0 Å². The molecule has 10 heteroatoms. The van der Waals surface area contributed by atoms with Gasteiger partial charge in [0.15, 0.2) is 0 Å². The predicted molar refractivity (Wildman–Crippen MR) is 103 cm³/mol. The molecule has 0 saturated carbocycles. The Labute approximate surface area is 166 Å². The molecule has 0 bridgehead atoms. The third kappa shape index (κ3) is 3.19. The normalized spacial score (nSPS) is 13.3. The first-order chi connectivity index (χ1) is 13.9. The molecule has 1 aliphatic rings. The van der Waals surface area contributed by atoms with Crippen LogP contribution < -0.4 is 14.4 Å². The number of fused-ring (bicyclic) bond motifs is 1. The maximum absolute atomic E-state index is 12.6. The van der Waals surface area contributed by atoms with E-state index in [9.17, 15) is 18.0 Å². The van der Waals surface area contributed by atoms with E-state index in [0.29, 0.717) is 11.1 Å². The monoisotopic (exact) mass is 410 g/mol. The molecule has 2 amide bonds. The largest absolute Gasteiger partial charge is 0.478 e. The lowest BCUT2D eigenvalue weighted by molar-refractivity contribution is 0.0926. The third-order valence-electron chi connectivity index (χ3n) is 4.29. The van der Waals surface area contributed by atoms with Crippen LogP contribution in [0.15, 0.2) is 65.8 Å². The first kappa shape index (κ1) is 18.6. The van der Waals surface area contributed by atoms with Crippen molar-refractivity contribution in [3.05, 3.63) is 72.1 Å². The van der Waals surface area contributed by atoms with E-state index in [2.05, 4.69) is 14.7 Å². The molecule has 1 N–H and O–H groups in total. The first-order valence-electron chi connectivity index (χ1n) is 8.38. The SMILES string of the molecule is COc1nccnc1NS(=O)(=O)c1ccc(N2C(=O)c3ccccc3C2=O)cc1. The minimum absolute atomic E-state index is 0.0266. The van der Waals surface area contributed by atoms with Crippen LogP contribution in [0.3, 0.4) is 0 Å². The smallest absolute Gasteiger partial charge is 0.266 e. The average molecular weight is 410 g/mol. The van der Waals surface area contributed by atoms with Crippen LogP contribution in [-0.4, -0.2) is 37.3 Å². The highest BCUT2D eigenvalue weighted by Gasteiger charge is 2.36. The molecule has 0 unspecified atom stereocenters. The van der Waals surface area contributed by atoms with Gasteiger partial charge in [-0.05, 0) is 36.4 Å². The van der Waals surface area contributed by atoms with E-state index in [1.165, 1.54) is 43.8 Å². The molecular formula is C19H14N4O5S. The Morgan fingerprint density at radius 3 is 2.07 bits per heavy atom. The zero-order valence-electron chi connectivity index (χ0n) is 15.1. The maximum Gasteiger partial charge on any atom is 0.266 e. The molecule has 29 heavy (non-hydrogen) atoms. The van der Waals surface area contributed by atoms with Crippen molar-refractivity contribution >= 4 is 33.3 Å². The molecule has 3 aromatic rings. The summed E-state index contributed by atoms with van der Waals surface area (Å²) in [5.41, 5.74) is 0.892. The molecule has 0 atom stereocenters. The summed E-state index contributed by atoms with van der Waals surface area (Å²) in [6.07, 6.45) is 2.69. The van der Waals surface area contributed by atoms with E-state index in [4.69, 9.17) is 4.74 Å². The molecule has 0 aliphatic carbocycles. The number of hydrogen-bond donors (Lipinski definition) is 1. The molecule has 2 heterocycles. The van der Waals surface area contributed by atoms with Crippen LogP contribution >= 0.6 is 0 Å². The molecule has 0 radical (unpaired) electrons. The van der Waals surface area contributed by atoms with Crippen molar-refractivity contribution in [3.8, 4) is 5.88 Å². The molecule has 0 spiro atoms. The number of nitrogens with one attached hydrogen (secondary N) is 1. The van der Waals surface area contributed by atoms with Crippen LogP contribution in [0.1, 0.15) is 20.7 Å². The van der Waals surface area contributed by atoms with Crippen LogP contribution in [-0.2, 0) is 10.0 Å². The number of carbonyl (C=O) groups excluding carboxylic acids is 2. The number of methoxy groups -OCH3 is 1. The van der Waals surface area contributed by atoms with Crippen molar-refractivity contribution in [2.45, 2.75) is 4.90 Å². The molecule has 0 saturated heterocycles. The number of aromatic nitrogens is 2. The summed E-state index contributed by atoms with van der Waals surface area (Å²) < 4.78 is 32.5. The second kappa shape index (κ2) is 6.99. The fourth-order valence-corrected chi connectivity index (χ4v) is 3.94. The van der Waals surface area contributed by atoms with Crippen molar-refractivity contribution in [2.24, 2.45) is 0 Å². The van der Waals surface area contributed by atoms with Gasteiger partial charge in [0.2, 0.25) is 5.82 Å². The van der Waals surface area contributed by atoms with Gasteiger partial charge in [0.05, 0.1) is 28.8 Å². The van der Waals surface area contributed by atoms with Crippen LogP contribution in [0.4, 0.5) is 11.5 Å². The zero-order chi connectivity index (χ0) is 20.6. The van der Waals surface area contributed by atoms with Crippen molar-refractivity contribution in [3.63, 3.8) is 0 Å². The zero-order valence-corrected chi connectivity index (χ0v) is 15.9. The molecule has 4 rings (SSSR count). The molecule has 0 fully saturated rings. The van der Waals surface area contributed by atoms with E-state index in [-0.39, 0.29) is 22.3 Å². The number of anilines is 2. The Morgan fingerprint density at radius 2 is 1.48 bits per heavy atom. The van der Waals surface area contributed by atoms with Gasteiger partial charge in [-0.25, -0.2) is 23.3 Å². The summed E-state index contributed by atoms with van der Waals surface area (Å²) in [6, 6.07) is 11.9. The van der Waals surface area contributed by atoms with E-state index in [0.717, 1.165) is 4.90 Å². The third-order valence-corrected chi connectivity index (χ3v) is 5.64. The fraction of sp³-hybridized carbons (Fsp3) is 0.0526. The van der Waals surface area contributed by atoms with Gasteiger partial charge in [-0.15, -0.1) is 0 Å². The number of hydrogen-bond acceptors (Lipinski definition) is 7. The van der Waals surface area contributed by atoms with Gasteiger partial charge in [-0.1, -0.05) is 12.1 Å². The Balaban J connectivity index is 1.62. The lowest BCUT2D eigenvalue weighted by atomic mass is 10.1. The van der Waals surface area contributed by atoms with Crippen LogP contribution in [0.5, 0.6) is 5.88 Å². The Bertz CT molecular complexity index is 1190.